The van der Waals surface area contributed by atoms with E-state index in [0.29, 0.717) is 18.9 Å². The van der Waals surface area contributed by atoms with E-state index in [0.717, 1.165) is 35.2 Å². The maximum Gasteiger partial charge on any atom is 0.241 e. The molecule has 1 aliphatic rings. The van der Waals surface area contributed by atoms with Crippen molar-refractivity contribution >= 4 is 12.3 Å². The minimum Gasteiger partial charge on any atom is -0.315 e. The van der Waals surface area contributed by atoms with Gasteiger partial charge in [0.15, 0.2) is 0 Å². The minimum absolute atomic E-state index is 0.246. The van der Waals surface area contributed by atoms with Crippen LogP contribution in [0, 0.1) is 0 Å². The predicted molar refractivity (Wildman–Crippen MR) is 99.2 cm³/mol. The smallest absolute Gasteiger partial charge is 0.241 e. The van der Waals surface area contributed by atoms with Gasteiger partial charge in [-0.2, -0.15) is 0 Å². The third-order valence-electron chi connectivity index (χ3n) is 4.92. The van der Waals surface area contributed by atoms with Crippen molar-refractivity contribution in [2.75, 3.05) is 6.54 Å². The second-order valence-electron chi connectivity index (χ2n) is 6.80. The summed E-state index contributed by atoms with van der Waals surface area (Å²) in [5, 5.41) is 5.82. The molecule has 2 amide bonds. The molecular weight excluding hydrogens is 312 g/mol. The molecule has 4 heteroatoms. The Morgan fingerprint density at radius 2 is 1.60 bits per heavy atom. The van der Waals surface area contributed by atoms with Crippen molar-refractivity contribution in [3.8, 4) is 11.1 Å². The number of amides is 2. The lowest BCUT2D eigenvalue weighted by Gasteiger charge is -2.30. The molecule has 0 aliphatic heterocycles. The second-order valence-corrected chi connectivity index (χ2v) is 6.80. The molecule has 0 saturated heterocycles. The monoisotopic (exact) mass is 336 g/mol. The average Bonchev–Trinajstić information content (AvgIpc) is 2.90. The van der Waals surface area contributed by atoms with Gasteiger partial charge in [0.1, 0.15) is 5.41 Å². The van der Waals surface area contributed by atoms with Gasteiger partial charge in [-0.05, 0) is 41.6 Å². The fourth-order valence-corrected chi connectivity index (χ4v) is 3.87. The number of hydrogen-bond donors (Lipinski definition) is 2. The first kappa shape index (κ1) is 17.4. The van der Waals surface area contributed by atoms with Gasteiger partial charge < -0.3 is 5.32 Å². The summed E-state index contributed by atoms with van der Waals surface area (Å²) in [6, 6.07) is 16.4. The Balaban J connectivity index is 2.07. The van der Waals surface area contributed by atoms with Crippen molar-refractivity contribution in [3.63, 3.8) is 0 Å². The number of imide groups is 1. The van der Waals surface area contributed by atoms with Gasteiger partial charge in [-0.1, -0.05) is 62.4 Å². The summed E-state index contributed by atoms with van der Waals surface area (Å²) in [4.78, 5) is 24.1. The van der Waals surface area contributed by atoms with E-state index in [1.54, 1.807) is 0 Å². The largest absolute Gasteiger partial charge is 0.315 e. The van der Waals surface area contributed by atoms with E-state index in [1.165, 1.54) is 0 Å². The van der Waals surface area contributed by atoms with Gasteiger partial charge in [0.05, 0.1) is 0 Å². The van der Waals surface area contributed by atoms with Crippen molar-refractivity contribution in [3.05, 3.63) is 59.7 Å². The average molecular weight is 336 g/mol. The molecule has 130 valence electrons. The standard InChI is InChI=1S/C21H24N2O2/c1-15(2)22-13-7-12-21(20(25)23-14-24)18-10-5-3-8-16(18)17-9-4-6-11-19(17)21/h3-6,8-11,14-15,22H,7,12-13H2,1-2H3,(H,23,24,25). The lowest BCUT2D eigenvalue weighted by Crippen LogP contribution is -2.44. The van der Waals surface area contributed by atoms with E-state index in [4.69, 9.17) is 0 Å². The zero-order valence-corrected chi connectivity index (χ0v) is 14.7. The highest BCUT2D eigenvalue weighted by atomic mass is 16.2. The highest BCUT2D eigenvalue weighted by Crippen LogP contribution is 2.51. The Bertz CT molecular complexity index is 737. The fraction of sp³-hybridized carbons (Fsp3) is 0.333. The Morgan fingerprint density at radius 3 is 2.12 bits per heavy atom. The molecule has 0 heterocycles. The second kappa shape index (κ2) is 7.19. The van der Waals surface area contributed by atoms with Gasteiger partial charge in [-0.15, -0.1) is 0 Å². The molecule has 0 spiro atoms. The van der Waals surface area contributed by atoms with E-state index in [1.807, 2.05) is 36.4 Å². The molecule has 2 aromatic carbocycles. The third kappa shape index (κ3) is 2.98. The SMILES string of the molecule is CC(C)NCCCC1(C(=O)NC=O)c2ccccc2-c2ccccc21. The lowest BCUT2D eigenvalue weighted by molar-refractivity contribution is -0.128. The molecule has 2 N–H and O–H groups in total. The van der Waals surface area contributed by atoms with Crippen LogP contribution in [0.4, 0.5) is 0 Å². The zero-order valence-electron chi connectivity index (χ0n) is 14.7. The number of carbonyl (C=O) groups is 2. The number of benzene rings is 2. The quantitative estimate of drug-likeness (QED) is 0.604. The fourth-order valence-electron chi connectivity index (χ4n) is 3.87. The number of hydrogen-bond acceptors (Lipinski definition) is 3. The molecule has 0 aromatic heterocycles. The van der Waals surface area contributed by atoms with Gasteiger partial charge in [0.25, 0.3) is 0 Å². The summed E-state index contributed by atoms with van der Waals surface area (Å²) in [7, 11) is 0. The summed E-state index contributed by atoms with van der Waals surface area (Å²) in [6.45, 7) is 5.04. The van der Waals surface area contributed by atoms with E-state index >= 15 is 0 Å². The molecule has 3 rings (SSSR count). The van der Waals surface area contributed by atoms with Crippen LogP contribution in [-0.2, 0) is 15.0 Å². The molecule has 0 bridgehead atoms. The molecule has 4 nitrogen and oxygen atoms in total. The molecule has 2 aromatic rings. The zero-order chi connectivity index (χ0) is 17.9. The van der Waals surface area contributed by atoms with Crippen LogP contribution in [0.15, 0.2) is 48.5 Å². The Labute approximate surface area is 148 Å². The predicted octanol–water partition coefficient (Wildman–Crippen LogP) is 3.00. The third-order valence-corrected chi connectivity index (χ3v) is 4.92. The van der Waals surface area contributed by atoms with Crippen LogP contribution in [0.1, 0.15) is 37.8 Å². The summed E-state index contributed by atoms with van der Waals surface area (Å²) >= 11 is 0. The first-order valence-corrected chi connectivity index (χ1v) is 8.78. The van der Waals surface area contributed by atoms with Crippen LogP contribution in [0.2, 0.25) is 0 Å². The van der Waals surface area contributed by atoms with Crippen molar-refractivity contribution < 1.29 is 9.59 Å². The van der Waals surface area contributed by atoms with E-state index in [9.17, 15) is 9.59 Å². The first-order valence-electron chi connectivity index (χ1n) is 8.78. The van der Waals surface area contributed by atoms with Crippen LogP contribution in [0.25, 0.3) is 11.1 Å². The maximum absolute atomic E-state index is 13.1. The molecule has 1 aliphatic carbocycles. The maximum atomic E-state index is 13.1. The van der Waals surface area contributed by atoms with Gasteiger partial charge in [0.2, 0.25) is 12.3 Å². The Kier molecular flexibility index (Phi) is 5.00. The summed E-state index contributed by atoms with van der Waals surface area (Å²) < 4.78 is 0. The van der Waals surface area contributed by atoms with Crippen LogP contribution in [0.3, 0.4) is 0 Å². The number of carbonyl (C=O) groups excluding carboxylic acids is 2. The van der Waals surface area contributed by atoms with Crippen LogP contribution >= 0.6 is 0 Å². The van der Waals surface area contributed by atoms with Gasteiger partial charge in [-0.3, -0.25) is 14.9 Å². The Morgan fingerprint density at radius 1 is 1.04 bits per heavy atom. The lowest BCUT2D eigenvalue weighted by atomic mass is 9.73. The van der Waals surface area contributed by atoms with Crippen molar-refractivity contribution in [1.82, 2.24) is 10.6 Å². The van der Waals surface area contributed by atoms with E-state index < -0.39 is 5.41 Å². The number of rotatable bonds is 7. The normalized spacial score (nSPS) is 14.0. The van der Waals surface area contributed by atoms with Crippen LogP contribution < -0.4 is 10.6 Å². The first-order chi connectivity index (χ1) is 12.1. The highest BCUT2D eigenvalue weighted by molar-refractivity contribution is 6.03. The van der Waals surface area contributed by atoms with Gasteiger partial charge in [-0.25, -0.2) is 0 Å². The molecular formula is C21H24N2O2. The number of nitrogens with one attached hydrogen (secondary N) is 2. The topological polar surface area (TPSA) is 58.2 Å². The molecule has 0 radical (unpaired) electrons. The summed E-state index contributed by atoms with van der Waals surface area (Å²) in [5.41, 5.74) is 3.32. The molecule has 0 unspecified atom stereocenters. The summed E-state index contributed by atoms with van der Waals surface area (Å²) in [6.07, 6.45) is 1.98. The Hall–Kier alpha value is -2.46. The number of fused-ring (bicyclic) bond motifs is 3. The molecule has 0 atom stereocenters. The van der Waals surface area contributed by atoms with Crippen LogP contribution in [-0.4, -0.2) is 24.9 Å². The molecule has 0 fully saturated rings. The van der Waals surface area contributed by atoms with Crippen LogP contribution in [0.5, 0.6) is 0 Å². The molecule has 25 heavy (non-hydrogen) atoms. The summed E-state index contributed by atoms with van der Waals surface area (Å²) in [5.74, 6) is -0.246. The van der Waals surface area contributed by atoms with Crippen molar-refractivity contribution in [2.45, 2.75) is 38.1 Å². The highest BCUT2D eigenvalue weighted by Gasteiger charge is 2.48. The van der Waals surface area contributed by atoms with E-state index in [-0.39, 0.29) is 5.91 Å². The molecule has 0 saturated carbocycles. The minimum atomic E-state index is -0.813. The van der Waals surface area contributed by atoms with Crippen molar-refractivity contribution in [2.24, 2.45) is 0 Å². The van der Waals surface area contributed by atoms with Gasteiger partial charge in [0, 0.05) is 6.04 Å². The van der Waals surface area contributed by atoms with E-state index in [2.05, 4.69) is 36.6 Å². The van der Waals surface area contributed by atoms with Gasteiger partial charge >= 0.3 is 0 Å². The van der Waals surface area contributed by atoms with Crippen molar-refractivity contribution in [1.29, 1.82) is 0 Å².